The Morgan fingerprint density at radius 3 is 2.72 bits per heavy atom. The number of hydrogen-bond acceptors (Lipinski definition) is 3. The lowest BCUT2D eigenvalue weighted by molar-refractivity contribution is -0.119. The second-order valence-corrected chi connectivity index (χ2v) is 5.48. The molecule has 3 N–H and O–H groups in total. The van der Waals surface area contributed by atoms with Gasteiger partial charge < -0.3 is 11.1 Å². The van der Waals surface area contributed by atoms with Crippen molar-refractivity contribution in [3.8, 4) is 0 Å². The van der Waals surface area contributed by atoms with Crippen LogP contribution in [-0.2, 0) is 4.79 Å². The normalized spacial score (nSPS) is 10.7. The maximum absolute atomic E-state index is 11.7. The second-order valence-electron chi connectivity index (χ2n) is 4.06. The topological polar surface area (TPSA) is 55.1 Å². The number of amides is 1. The minimum atomic E-state index is 0.0344. The molecule has 0 aliphatic carbocycles. The van der Waals surface area contributed by atoms with Gasteiger partial charge in [0.25, 0.3) is 0 Å². The van der Waals surface area contributed by atoms with Crippen molar-refractivity contribution in [3.63, 3.8) is 0 Å². The Morgan fingerprint density at radius 2 is 2.11 bits per heavy atom. The molecular weight excluding hydrogens is 268 g/mol. The molecule has 0 aliphatic heterocycles. The van der Waals surface area contributed by atoms with Crippen LogP contribution in [0.4, 0.5) is 5.69 Å². The van der Waals surface area contributed by atoms with Gasteiger partial charge in [0.1, 0.15) is 0 Å². The van der Waals surface area contributed by atoms with Crippen molar-refractivity contribution in [2.45, 2.75) is 37.6 Å². The van der Waals surface area contributed by atoms with Crippen molar-refractivity contribution >= 4 is 35.0 Å². The number of benzene rings is 1. The van der Waals surface area contributed by atoms with E-state index in [2.05, 4.69) is 19.2 Å². The number of rotatable bonds is 6. The van der Waals surface area contributed by atoms with E-state index in [9.17, 15) is 4.79 Å². The van der Waals surface area contributed by atoms with Crippen LogP contribution in [0.2, 0.25) is 5.02 Å². The fourth-order valence-electron chi connectivity index (χ4n) is 1.54. The molecule has 1 aromatic carbocycles. The monoisotopic (exact) mass is 286 g/mol. The van der Waals surface area contributed by atoms with Gasteiger partial charge in [0, 0.05) is 16.6 Å². The first kappa shape index (κ1) is 15.2. The smallest absolute Gasteiger partial charge is 0.230 e. The molecule has 0 unspecified atom stereocenters. The maximum atomic E-state index is 11.7. The molecule has 0 heterocycles. The zero-order valence-electron chi connectivity index (χ0n) is 10.7. The summed E-state index contributed by atoms with van der Waals surface area (Å²) in [5, 5.41) is 3.62. The lowest BCUT2D eigenvalue weighted by Gasteiger charge is -2.14. The number of hydrogen-bond donors (Lipinski definition) is 2. The van der Waals surface area contributed by atoms with E-state index in [-0.39, 0.29) is 11.9 Å². The molecule has 0 aromatic heterocycles. The lowest BCUT2D eigenvalue weighted by atomic mass is 10.2. The maximum Gasteiger partial charge on any atom is 0.230 e. The Bertz CT molecular complexity index is 408. The van der Waals surface area contributed by atoms with Crippen molar-refractivity contribution in [3.05, 3.63) is 23.2 Å². The number of carbonyl (C=O) groups is 1. The van der Waals surface area contributed by atoms with Crippen LogP contribution in [0.25, 0.3) is 0 Å². The lowest BCUT2D eigenvalue weighted by Crippen LogP contribution is -2.34. The SMILES string of the molecule is CCC(CC)NC(=O)CSc1cc(N)ccc1Cl. The summed E-state index contributed by atoms with van der Waals surface area (Å²) in [5.74, 6) is 0.395. The van der Waals surface area contributed by atoms with Gasteiger partial charge in [-0.2, -0.15) is 0 Å². The Kier molecular flexibility index (Phi) is 6.36. The van der Waals surface area contributed by atoms with Gasteiger partial charge in [-0.05, 0) is 31.0 Å². The summed E-state index contributed by atoms with van der Waals surface area (Å²) in [6, 6.07) is 5.54. The van der Waals surface area contributed by atoms with E-state index in [1.165, 1.54) is 11.8 Å². The Labute approximate surface area is 117 Å². The first-order chi connectivity index (χ1) is 8.56. The second kappa shape index (κ2) is 7.54. The molecule has 18 heavy (non-hydrogen) atoms. The van der Waals surface area contributed by atoms with Gasteiger partial charge in [0.05, 0.1) is 10.8 Å². The van der Waals surface area contributed by atoms with Gasteiger partial charge in [-0.3, -0.25) is 4.79 Å². The fourth-order valence-corrected chi connectivity index (χ4v) is 2.61. The van der Waals surface area contributed by atoms with Gasteiger partial charge in [-0.25, -0.2) is 0 Å². The van der Waals surface area contributed by atoms with Crippen molar-refractivity contribution in [2.24, 2.45) is 0 Å². The van der Waals surface area contributed by atoms with E-state index in [1.54, 1.807) is 18.2 Å². The molecule has 100 valence electrons. The van der Waals surface area contributed by atoms with Crippen LogP contribution >= 0.6 is 23.4 Å². The minimum absolute atomic E-state index is 0.0344. The molecule has 0 fully saturated rings. The van der Waals surface area contributed by atoms with Crippen LogP contribution in [0.5, 0.6) is 0 Å². The molecule has 0 aliphatic rings. The standard InChI is InChI=1S/C13H19ClN2OS/c1-3-10(4-2)16-13(17)8-18-12-7-9(15)5-6-11(12)14/h5-7,10H,3-4,8,15H2,1-2H3,(H,16,17). The summed E-state index contributed by atoms with van der Waals surface area (Å²) < 4.78 is 0. The average Bonchev–Trinajstić information content (AvgIpc) is 2.37. The van der Waals surface area contributed by atoms with Crippen LogP contribution in [0.3, 0.4) is 0 Å². The summed E-state index contributed by atoms with van der Waals surface area (Å²) in [6.07, 6.45) is 1.90. The highest BCUT2D eigenvalue weighted by atomic mass is 35.5. The minimum Gasteiger partial charge on any atom is -0.399 e. The third-order valence-corrected chi connectivity index (χ3v) is 4.16. The van der Waals surface area contributed by atoms with E-state index < -0.39 is 0 Å². The van der Waals surface area contributed by atoms with Crippen molar-refractivity contribution in [1.82, 2.24) is 5.32 Å². The van der Waals surface area contributed by atoms with Crippen LogP contribution in [0.15, 0.2) is 23.1 Å². The van der Waals surface area contributed by atoms with Gasteiger partial charge in [0.15, 0.2) is 0 Å². The first-order valence-corrected chi connectivity index (χ1v) is 7.40. The third kappa shape index (κ3) is 4.78. The Hall–Kier alpha value is -0.870. The highest BCUT2D eigenvalue weighted by Crippen LogP contribution is 2.28. The molecule has 0 bridgehead atoms. The molecule has 0 atom stereocenters. The summed E-state index contributed by atoms with van der Waals surface area (Å²) in [7, 11) is 0. The van der Waals surface area contributed by atoms with E-state index in [0.29, 0.717) is 16.5 Å². The van der Waals surface area contributed by atoms with Crippen molar-refractivity contribution in [1.29, 1.82) is 0 Å². The van der Waals surface area contributed by atoms with Crippen LogP contribution in [0, 0.1) is 0 Å². The predicted octanol–water partition coefficient (Wildman–Crippen LogP) is 3.32. The summed E-state index contributed by atoms with van der Waals surface area (Å²) >= 11 is 7.44. The molecule has 0 saturated carbocycles. The molecular formula is C13H19ClN2OS. The Morgan fingerprint density at radius 1 is 1.44 bits per heavy atom. The molecule has 1 rings (SSSR count). The van der Waals surface area contributed by atoms with Gasteiger partial charge in [-0.1, -0.05) is 25.4 Å². The number of nitrogen functional groups attached to an aromatic ring is 1. The summed E-state index contributed by atoms with van der Waals surface area (Å²) in [6.45, 7) is 4.13. The van der Waals surface area contributed by atoms with Crippen LogP contribution < -0.4 is 11.1 Å². The number of carbonyl (C=O) groups excluding carboxylic acids is 1. The van der Waals surface area contributed by atoms with Gasteiger partial charge in [-0.15, -0.1) is 11.8 Å². The van der Waals surface area contributed by atoms with Crippen molar-refractivity contribution < 1.29 is 4.79 Å². The largest absolute Gasteiger partial charge is 0.399 e. The van der Waals surface area contributed by atoms with Crippen LogP contribution in [0.1, 0.15) is 26.7 Å². The highest BCUT2D eigenvalue weighted by Gasteiger charge is 2.10. The molecule has 1 amide bonds. The summed E-state index contributed by atoms with van der Waals surface area (Å²) in [4.78, 5) is 12.6. The zero-order chi connectivity index (χ0) is 13.5. The average molecular weight is 287 g/mol. The quantitative estimate of drug-likeness (QED) is 0.623. The number of halogens is 1. The number of thioether (sulfide) groups is 1. The van der Waals surface area contributed by atoms with Gasteiger partial charge in [0.2, 0.25) is 5.91 Å². The molecule has 0 radical (unpaired) electrons. The zero-order valence-corrected chi connectivity index (χ0v) is 12.3. The van der Waals surface area contributed by atoms with E-state index in [1.807, 2.05) is 0 Å². The highest BCUT2D eigenvalue weighted by molar-refractivity contribution is 8.00. The van der Waals surface area contributed by atoms with E-state index in [0.717, 1.165) is 17.7 Å². The Balaban J connectivity index is 2.49. The van der Waals surface area contributed by atoms with Crippen LogP contribution in [-0.4, -0.2) is 17.7 Å². The molecule has 3 nitrogen and oxygen atoms in total. The summed E-state index contributed by atoms with van der Waals surface area (Å²) in [5.41, 5.74) is 6.34. The van der Waals surface area contributed by atoms with Gasteiger partial charge >= 0.3 is 0 Å². The van der Waals surface area contributed by atoms with E-state index in [4.69, 9.17) is 17.3 Å². The fraction of sp³-hybridized carbons (Fsp3) is 0.462. The molecule has 0 spiro atoms. The number of anilines is 1. The molecule has 5 heteroatoms. The molecule has 0 saturated heterocycles. The first-order valence-electron chi connectivity index (χ1n) is 6.04. The third-order valence-electron chi connectivity index (χ3n) is 2.66. The van der Waals surface area contributed by atoms with Crippen molar-refractivity contribution in [2.75, 3.05) is 11.5 Å². The van der Waals surface area contributed by atoms with E-state index >= 15 is 0 Å². The predicted molar refractivity (Wildman–Crippen MR) is 79.1 cm³/mol. The molecule has 1 aromatic rings. The number of nitrogens with two attached hydrogens (primary N) is 1. The number of nitrogens with one attached hydrogen (secondary N) is 1.